The highest BCUT2D eigenvalue weighted by atomic mass is 35.5. The molecule has 0 spiro atoms. The predicted octanol–water partition coefficient (Wildman–Crippen LogP) is 3.95. The Morgan fingerprint density at radius 2 is 1.79 bits per heavy atom. The molecule has 8 heteroatoms. The minimum atomic E-state index is -1.03. The van der Waals surface area contributed by atoms with Gasteiger partial charge in [-0.15, -0.1) is 0 Å². The first kappa shape index (κ1) is 18.3. The Morgan fingerprint density at radius 1 is 1.17 bits per heavy atom. The van der Waals surface area contributed by atoms with E-state index in [4.69, 9.17) is 27.9 Å². The third kappa shape index (κ3) is 4.07. The zero-order chi connectivity index (χ0) is 17.9. The normalized spacial score (nSPS) is 12.1. The maximum absolute atomic E-state index is 12.2. The summed E-state index contributed by atoms with van der Waals surface area (Å²) in [7, 11) is 0. The van der Waals surface area contributed by atoms with Crippen LogP contribution in [0.25, 0.3) is 0 Å². The average molecular weight is 370 g/mol. The van der Waals surface area contributed by atoms with Gasteiger partial charge in [0.25, 0.3) is 5.91 Å². The quantitative estimate of drug-likeness (QED) is 0.809. The van der Waals surface area contributed by atoms with Gasteiger partial charge in [0.05, 0.1) is 21.8 Å². The van der Waals surface area contributed by atoms with Crippen LogP contribution in [0.5, 0.6) is 0 Å². The second kappa shape index (κ2) is 7.68. The number of benzene rings is 1. The summed E-state index contributed by atoms with van der Waals surface area (Å²) in [6.07, 6.45) is 0.552. The molecule has 0 aliphatic heterocycles. The molecule has 0 aliphatic rings. The van der Waals surface area contributed by atoms with Gasteiger partial charge in [0.1, 0.15) is 5.82 Å². The zero-order valence-corrected chi connectivity index (χ0v) is 14.9. The molecule has 2 rings (SSSR count). The fourth-order valence-corrected chi connectivity index (χ4v) is 2.57. The van der Waals surface area contributed by atoms with Crippen molar-refractivity contribution in [2.75, 3.05) is 5.32 Å². The van der Waals surface area contributed by atoms with Gasteiger partial charge in [-0.25, -0.2) is 9.48 Å². The molecule has 2 aromatic rings. The van der Waals surface area contributed by atoms with E-state index in [0.717, 1.165) is 0 Å². The number of rotatable bonds is 5. The van der Waals surface area contributed by atoms with Crippen LogP contribution in [0.2, 0.25) is 10.0 Å². The van der Waals surface area contributed by atoms with Gasteiger partial charge in [0, 0.05) is 12.1 Å². The molecule has 24 heavy (non-hydrogen) atoms. The van der Waals surface area contributed by atoms with Crippen molar-refractivity contribution in [3.63, 3.8) is 0 Å². The lowest BCUT2D eigenvalue weighted by Crippen LogP contribution is -2.31. The van der Waals surface area contributed by atoms with Crippen molar-refractivity contribution in [1.82, 2.24) is 9.78 Å². The molecule has 1 atom stereocenters. The minimum Gasteiger partial charge on any atom is -0.449 e. The molecule has 0 unspecified atom stereocenters. The van der Waals surface area contributed by atoms with Gasteiger partial charge in [0.15, 0.2) is 6.10 Å². The van der Waals surface area contributed by atoms with Crippen LogP contribution in [-0.2, 0) is 9.53 Å². The van der Waals surface area contributed by atoms with Crippen molar-refractivity contribution in [2.24, 2.45) is 0 Å². The summed E-state index contributed by atoms with van der Waals surface area (Å²) in [6, 6.07) is 6.41. The molecule has 1 heterocycles. The number of nitrogens with one attached hydrogen (secondary N) is 1. The lowest BCUT2D eigenvalue weighted by Gasteiger charge is -2.16. The number of carbonyl (C=O) groups is 2. The van der Waals surface area contributed by atoms with Crippen LogP contribution in [0.1, 0.15) is 37.2 Å². The van der Waals surface area contributed by atoms with Crippen molar-refractivity contribution in [1.29, 1.82) is 0 Å². The topological polar surface area (TPSA) is 73.2 Å². The molecule has 0 radical (unpaired) electrons. The number of nitrogens with zero attached hydrogens (tertiary/aromatic N) is 2. The van der Waals surface area contributed by atoms with Gasteiger partial charge in [0.2, 0.25) is 0 Å². The Balaban J connectivity index is 2.06. The molecule has 1 aromatic heterocycles. The van der Waals surface area contributed by atoms with Crippen molar-refractivity contribution < 1.29 is 14.3 Å². The number of aromatic nitrogens is 2. The Morgan fingerprint density at radius 3 is 2.38 bits per heavy atom. The first-order chi connectivity index (χ1) is 11.3. The van der Waals surface area contributed by atoms with Crippen LogP contribution >= 0.6 is 23.2 Å². The fourth-order valence-electron chi connectivity index (χ4n) is 2.02. The van der Waals surface area contributed by atoms with E-state index in [1.54, 1.807) is 23.0 Å². The summed E-state index contributed by atoms with van der Waals surface area (Å²) < 4.78 is 6.81. The highest BCUT2D eigenvalue weighted by Crippen LogP contribution is 2.25. The van der Waals surface area contributed by atoms with Crippen molar-refractivity contribution in [3.8, 4) is 0 Å². The van der Waals surface area contributed by atoms with Crippen LogP contribution < -0.4 is 5.32 Å². The number of carbonyl (C=O) groups excluding carboxylic acids is 2. The average Bonchev–Trinajstić information content (AvgIpc) is 2.95. The van der Waals surface area contributed by atoms with E-state index >= 15 is 0 Å². The zero-order valence-electron chi connectivity index (χ0n) is 13.4. The smallest absolute Gasteiger partial charge is 0.341 e. The second-order valence-electron chi connectivity index (χ2n) is 5.39. The number of halogens is 2. The lowest BCUT2D eigenvalue weighted by atomic mass is 10.2. The molecule has 1 N–H and O–H groups in total. The molecular formula is C16H17Cl2N3O3. The Bertz CT molecular complexity index is 739. The van der Waals surface area contributed by atoms with Crippen LogP contribution in [-0.4, -0.2) is 27.8 Å². The van der Waals surface area contributed by atoms with Gasteiger partial charge >= 0.3 is 5.97 Å². The summed E-state index contributed by atoms with van der Waals surface area (Å²) >= 11 is 11.9. The standard InChI is InChI=1S/C16H17Cl2N3O3/c1-9(2)21-13(7-8-19-21)20-15(22)10(3)24-16(23)14-11(17)5-4-6-12(14)18/h4-10H,1-3H3,(H,20,22)/t10-/m0/s1. The molecule has 0 bridgehead atoms. The molecule has 128 valence electrons. The molecule has 0 saturated heterocycles. The molecule has 0 aliphatic carbocycles. The van der Waals surface area contributed by atoms with E-state index in [0.29, 0.717) is 5.82 Å². The first-order valence-electron chi connectivity index (χ1n) is 7.30. The van der Waals surface area contributed by atoms with E-state index in [-0.39, 0.29) is 21.7 Å². The third-order valence-corrected chi connectivity index (χ3v) is 3.86. The fraction of sp³-hybridized carbons (Fsp3) is 0.312. The number of amides is 1. The second-order valence-corrected chi connectivity index (χ2v) is 6.20. The minimum absolute atomic E-state index is 0.0349. The number of hydrogen-bond donors (Lipinski definition) is 1. The van der Waals surface area contributed by atoms with E-state index in [2.05, 4.69) is 10.4 Å². The Kier molecular flexibility index (Phi) is 5.85. The van der Waals surface area contributed by atoms with E-state index in [1.807, 2.05) is 13.8 Å². The van der Waals surface area contributed by atoms with Gasteiger partial charge in [-0.2, -0.15) is 5.10 Å². The monoisotopic (exact) mass is 369 g/mol. The van der Waals surface area contributed by atoms with E-state index in [1.165, 1.54) is 19.1 Å². The summed E-state index contributed by atoms with van der Waals surface area (Å²) in [5.41, 5.74) is 0.0349. The highest BCUT2D eigenvalue weighted by molar-refractivity contribution is 6.39. The van der Waals surface area contributed by atoms with Crippen molar-refractivity contribution in [2.45, 2.75) is 32.9 Å². The highest BCUT2D eigenvalue weighted by Gasteiger charge is 2.23. The van der Waals surface area contributed by atoms with E-state index in [9.17, 15) is 9.59 Å². The number of anilines is 1. The third-order valence-electron chi connectivity index (χ3n) is 3.23. The first-order valence-corrected chi connectivity index (χ1v) is 8.06. The van der Waals surface area contributed by atoms with Crippen molar-refractivity contribution >= 4 is 40.9 Å². The van der Waals surface area contributed by atoms with Crippen LogP contribution in [0, 0.1) is 0 Å². The Hall–Kier alpha value is -2.05. The van der Waals surface area contributed by atoms with Gasteiger partial charge in [-0.05, 0) is 32.9 Å². The summed E-state index contributed by atoms with van der Waals surface area (Å²) in [5.74, 6) is -0.715. The summed E-state index contributed by atoms with van der Waals surface area (Å²) in [6.45, 7) is 5.34. The Labute approximate surface area is 149 Å². The number of esters is 1. The van der Waals surface area contributed by atoms with Gasteiger partial charge in [-0.1, -0.05) is 29.3 Å². The molecule has 0 saturated carbocycles. The maximum atomic E-state index is 12.2. The van der Waals surface area contributed by atoms with Gasteiger partial charge < -0.3 is 10.1 Å². The molecule has 6 nitrogen and oxygen atoms in total. The molecular weight excluding hydrogens is 353 g/mol. The van der Waals surface area contributed by atoms with Crippen LogP contribution in [0.15, 0.2) is 30.5 Å². The molecule has 0 fully saturated rings. The van der Waals surface area contributed by atoms with E-state index < -0.39 is 18.0 Å². The largest absolute Gasteiger partial charge is 0.449 e. The van der Waals surface area contributed by atoms with Crippen molar-refractivity contribution in [3.05, 3.63) is 46.1 Å². The molecule has 1 aromatic carbocycles. The van der Waals surface area contributed by atoms with Crippen LogP contribution in [0.4, 0.5) is 5.82 Å². The SMILES string of the molecule is CC(C)n1nccc1NC(=O)[C@H](C)OC(=O)c1c(Cl)cccc1Cl. The number of ether oxygens (including phenoxy) is 1. The number of hydrogen-bond acceptors (Lipinski definition) is 4. The molecule has 1 amide bonds. The summed E-state index contributed by atoms with van der Waals surface area (Å²) in [5, 5.41) is 7.12. The van der Waals surface area contributed by atoms with Gasteiger partial charge in [-0.3, -0.25) is 4.79 Å². The predicted molar refractivity (Wildman–Crippen MR) is 92.6 cm³/mol. The lowest BCUT2D eigenvalue weighted by molar-refractivity contribution is -0.123. The van der Waals surface area contributed by atoms with Crippen LogP contribution in [0.3, 0.4) is 0 Å². The summed E-state index contributed by atoms with van der Waals surface area (Å²) in [4.78, 5) is 24.4. The maximum Gasteiger partial charge on any atom is 0.341 e.